The molecule has 2 aromatic carbocycles. The van der Waals surface area contributed by atoms with E-state index < -0.39 is 11.9 Å². The third-order valence-corrected chi connectivity index (χ3v) is 8.39. The third kappa shape index (κ3) is 3.63. The molecule has 40 heavy (non-hydrogen) atoms. The molecule has 0 radical (unpaired) electrons. The molecule has 11 heteroatoms. The van der Waals surface area contributed by atoms with Gasteiger partial charge in [0.25, 0.3) is 0 Å². The Bertz CT molecular complexity index is 1700. The first-order chi connectivity index (χ1) is 19.4. The van der Waals surface area contributed by atoms with Gasteiger partial charge in [0.05, 0.1) is 31.8 Å². The van der Waals surface area contributed by atoms with Crippen molar-refractivity contribution < 1.29 is 23.4 Å². The molecule has 2 fully saturated rings. The van der Waals surface area contributed by atoms with Crippen LogP contribution in [0, 0.1) is 17.1 Å². The Balaban J connectivity index is 1.47. The molecule has 0 spiro atoms. The second-order valence-electron chi connectivity index (χ2n) is 10.9. The van der Waals surface area contributed by atoms with Gasteiger partial charge in [-0.05, 0) is 42.5 Å². The molecule has 3 N–H and O–H groups in total. The quantitative estimate of drug-likeness (QED) is 0.383. The predicted octanol–water partition coefficient (Wildman–Crippen LogP) is 3.71. The normalized spacial score (nSPS) is 21.2. The number of piperazine rings is 1. The van der Waals surface area contributed by atoms with Crippen molar-refractivity contribution in [2.45, 2.75) is 51.2 Å². The third-order valence-electron chi connectivity index (χ3n) is 8.39. The molecular weight excluding hydrogens is 515 g/mol. The van der Waals surface area contributed by atoms with Gasteiger partial charge in [0.2, 0.25) is 5.88 Å². The molecule has 2 bridgehead atoms. The first-order valence-corrected chi connectivity index (χ1v) is 13.5. The van der Waals surface area contributed by atoms with E-state index in [0.29, 0.717) is 45.4 Å². The number of fused-ring (bicyclic) bond motifs is 6. The summed E-state index contributed by atoms with van der Waals surface area (Å²) >= 11 is 0. The van der Waals surface area contributed by atoms with Gasteiger partial charge in [-0.25, -0.2) is 4.39 Å². The minimum atomic E-state index is -0.530. The Morgan fingerprint density at radius 1 is 1.20 bits per heavy atom. The zero-order valence-corrected chi connectivity index (χ0v) is 22.3. The Morgan fingerprint density at radius 2 is 1.95 bits per heavy atom. The summed E-state index contributed by atoms with van der Waals surface area (Å²) in [6.07, 6.45) is 1.56. The number of nitrogens with zero attached hydrogens (tertiary/aromatic N) is 5. The van der Waals surface area contributed by atoms with Crippen molar-refractivity contribution >= 4 is 33.6 Å². The van der Waals surface area contributed by atoms with Crippen LogP contribution < -0.4 is 15.4 Å². The standard InChI is InChI=1S/C29H29FN6O4/c1-14(37)9-35-10-15-6-7-16(11-35)36(15)28-24-20-13-39-12-19(20)23(25(30)26(24)33-29(34-28)38-2)17-4-3-5-21-22(17)18(8-31)27(32)40-21/h3-5,14-16,37H,6-7,9-13,32H2,1-2H3. The molecule has 0 saturated carbocycles. The van der Waals surface area contributed by atoms with E-state index in [2.05, 4.69) is 20.9 Å². The molecule has 7 rings (SSSR count). The Labute approximate surface area is 229 Å². The molecule has 3 atom stereocenters. The van der Waals surface area contributed by atoms with Gasteiger partial charge in [-0.2, -0.15) is 15.2 Å². The smallest absolute Gasteiger partial charge is 0.318 e. The summed E-state index contributed by atoms with van der Waals surface area (Å²) in [7, 11) is 1.48. The maximum atomic E-state index is 16.9. The Kier molecular flexibility index (Phi) is 5.82. The van der Waals surface area contributed by atoms with Crippen LogP contribution in [-0.4, -0.2) is 64.9 Å². The number of anilines is 2. The van der Waals surface area contributed by atoms with Crippen molar-refractivity contribution in [2.24, 2.45) is 0 Å². The molecule has 3 aliphatic heterocycles. The zero-order chi connectivity index (χ0) is 27.7. The maximum absolute atomic E-state index is 16.9. The number of hydrogen-bond acceptors (Lipinski definition) is 10. The summed E-state index contributed by atoms with van der Waals surface area (Å²) in [4.78, 5) is 13.9. The van der Waals surface area contributed by atoms with Crippen LogP contribution in [0.1, 0.15) is 36.5 Å². The highest BCUT2D eigenvalue weighted by Gasteiger charge is 2.43. The molecule has 3 aliphatic rings. The Hall–Kier alpha value is -3.98. The van der Waals surface area contributed by atoms with Crippen molar-refractivity contribution in [3.63, 3.8) is 0 Å². The number of methoxy groups -OCH3 is 1. The van der Waals surface area contributed by atoms with Crippen molar-refractivity contribution in [1.29, 1.82) is 5.26 Å². The molecule has 206 valence electrons. The lowest BCUT2D eigenvalue weighted by Gasteiger charge is -2.42. The van der Waals surface area contributed by atoms with Crippen LogP contribution in [0.2, 0.25) is 0 Å². The number of aromatic nitrogens is 2. The minimum Gasteiger partial charge on any atom is -0.467 e. The molecule has 0 amide bonds. The number of ether oxygens (including phenoxy) is 2. The molecule has 0 aliphatic carbocycles. The summed E-state index contributed by atoms with van der Waals surface area (Å²) in [6, 6.07) is 7.76. The summed E-state index contributed by atoms with van der Waals surface area (Å²) < 4.78 is 33.9. The van der Waals surface area contributed by atoms with E-state index in [1.165, 1.54) is 7.11 Å². The fourth-order valence-corrected chi connectivity index (χ4v) is 6.90. The van der Waals surface area contributed by atoms with E-state index in [1.54, 1.807) is 25.1 Å². The number of furan rings is 1. The van der Waals surface area contributed by atoms with Crippen molar-refractivity contribution in [2.75, 3.05) is 37.4 Å². The van der Waals surface area contributed by atoms with E-state index in [-0.39, 0.29) is 48.3 Å². The van der Waals surface area contributed by atoms with Crippen LogP contribution in [0.25, 0.3) is 33.0 Å². The van der Waals surface area contributed by atoms with Crippen LogP contribution in [0.5, 0.6) is 6.01 Å². The van der Waals surface area contributed by atoms with E-state index in [0.717, 1.165) is 31.5 Å². The number of likely N-dealkylation sites (tertiary alicyclic amines) is 1. The van der Waals surface area contributed by atoms with Crippen molar-refractivity contribution in [3.05, 3.63) is 40.7 Å². The number of nitrogens with two attached hydrogens (primary N) is 1. The number of aliphatic hydroxyl groups excluding tert-OH is 1. The molecule has 3 unspecified atom stereocenters. The Morgan fingerprint density at radius 3 is 2.65 bits per heavy atom. The molecule has 2 saturated heterocycles. The van der Waals surface area contributed by atoms with E-state index in [4.69, 9.17) is 24.6 Å². The molecular formula is C29H29FN6O4. The largest absolute Gasteiger partial charge is 0.467 e. The second-order valence-corrected chi connectivity index (χ2v) is 10.9. The SMILES string of the molecule is COc1nc(N2C3CCC2CN(CC(C)O)C3)c2c3c(c(-c4cccc5oc(N)c(C#N)c45)c(F)c2n1)COC3. The van der Waals surface area contributed by atoms with Crippen LogP contribution in [0.3, 0.4) is 0 Å². The monoisotopic (exact) mass is 544 g/mol. The fourth-order valence-electron chi connectivity index (χ4n) is 6.90. The van der Waals surface area contributed by atoms with E-state index in [9.17, 15) is 10.4 Å². The first-order valence-electron chi connectivity index (χ1n) is 13.5. The second kappa shape index (κ2) is 9.30. The number of nitrogen functional groups attached to an aromatic ring is 1. The lowest BCUT2D eigenvalue weighted by atomic mass is 9.90. The average molecular weight is 545 g/mol. The van der Waals surface area contributed by atoms with Gasteiger partial charge in [-0.15, -0.1) is 0 Å². The highest BCUT2D eigenvalue weighted by atomic mass is 19.1. The number of β-amino-alcohol motifs (C(OH)–C–C–N with tert-alkyl or cyclic N) is 1. The van der Waals surface area contributed by atoms with E-state index in [1.807, 2.05) is 0 Å². The van der Waals surface area contributed by atoms with Gasteiger partial charge in [0.1, 0.15) is 28.6 Å². The van der Waals surface area contributed by atoms with Crippen LogP contribution in [-0.2, 0) is 18.0 Å². The lowest BCUT2D eigenvalue weighted by Crippen LogP contribution is -2.55. The van der Waals surface area contributed by atoms with Gasteiger partial charge in [0.15, 0.2) is 5.82 Å². The number of hydrogen-bond donors (Lipinski definition) is 2. The number of rotatable bonds is 5. The first kappa shape index (κ1) is 25.0. The van der Waals surface area contributed by atoms with Crippen molar-refractivity contribution in [1.82, 2.24) is 14.9 Å². The topological polar surface area (TPSA) is 134 Å². The molecule has 4 aromatic rings. The fraction of sp³-hybridized carbons (Fsp3) is 0.414. The van der Waals surface area contributed by atoms with E-state index >= 15 is 4.39 Å². The number of halogens is 1. The molecule has 5 heterocycles. The van der Waals surface area contributed by atoms with Gasteiger partial charge in [-0.1, -0.05) is 12.1 Å². The van der Waals surface area contributed by atoms with Crippen molar-refractivity contribution in [3.8, 4) is 23.2 Å². The highest BCUT2D eigenvalue weighted by Crippen LogP contribution is 2.47. The minimum absolute atomic E-state index is 0.00414. The van der Waals surface area contributed by atoms with Crippen LogP contribution in [0.15, 0.2) is 22.6 Å². The summed E-state index contributed by atoms with van der Waals surface area (Å²) in [5, 5.41) is 20.9. The van der Waals surface area contributed by atoms with Gasteiger partial charge in [0, 0.05) is 42.7 Å². The highest BCUT2D eigenvalue weighted by molar-refractivity contribution is 6.05. The lowest BCUT2D eigenvalue weighted by molar-refractivity contribution is 0.111. The number of benzene rings is 2. The van der Waals surface area contributed by atoms with Crippen LogP contribution >= 0.6 is 0 Å². The van der Waals surface area contributed by atoms with Gasteiger partial charge in [-0.3, -0.25) is 4.90 Å². The van der Waals surface area contributed by atoms with Gasteiger partial charge >= 0.3 is 6.01 Å². The van der Waals surface area contributed by atoms with Gasteiger partial charge < -0.3 is 29.6 Å². The van der Waals surface area contributed by atoms with Crippen LogP contribution in [0.4, 0.5) is 16.1 Å². The molecule has 2 aromatic heterocycles. The average Bonchev–Trinajstić information content (AvgIpc) is 3.61. The number of nitriles is 1. The maximum Gasteiger partial charge on any atom is 0.318 e. The predicted molar refractivity (Wildman–Crippen MR) is 146 cm³/mol. The molecule has 10 nitrogen and oxygen atoms in total. The summed E-state index contributed by atoms with van der Waals surface area (Å²) in [6.45, 7) is 4.49. The number of aliphatic hydroxyl groups is 1. The summed E-state index contributed by atoms with van der Waals surface area (Å²) in [5.41, 5.74) is 9.09. The summed E-state index contributed by atoms with van der Waals surface area (Å²) in [5.74, 6) is 0.120. The zero-order valence-electron chi connectivity index (χ0n) is 22.3.